The first-order valence-electron chi connectivity index (χ1n) is 6.63. The maximum Gasteiger partial charge on any atom is 0.266 e. The topological polar surface area (TPSA) is 70.6 Å². The fraction of sp³-hybridized carbons (Fsp3) is 0.133. The van der Waals surface area contributed by atoms with Crippen LogP contribution in [0.15, 0.2) is 52.4 Å². The quantitative estimate of drug-likeness (QED) is 0.886. The summed E-state index contributed by atoms with van der Waals surface area (Å²) in [5.74, 6) is 0.191. The van der Waals surface area contributed by atoms with Crippen molar-refractivity contribution >= 4 is 33.3 Å². The average Bonchev–Trinajstić information content (AvgIpc) is 2.44. The van der Waals surface area contributed by atoms with Crippen LogP contribution >= 0.6 is 11.6 Å². The van der Waals surface area contributed by atoms with E-state index in [0.717, 1.165) is 11.1 Å². The SMILES string of the molecule is Cc1cccc(CN=C2Nc3cc(Cl)ccc3S(=O)(=O)N2)c1. The molecule has 0 saturated heterocycles. The second-order valence-electron chi connectivity index (χ2n) is 5.02. The summed E-state index contributed by atoms with van der Waals surface area (Å²) in [6.07, 6.45) is 0. The molecule has 0 unspecified atom stereocenters. The van der Waals surface area contributed by atoms with Crippen LogP contribution in [-0.4, -0.2) is 14.4 Å². The summed E-state index contributed by atoms with van der Waals surface area (Å²) < 4.78 is 26.8. The molecule has 7 heteroatoms. The smallest absolute Gasteiger partial charge is 0.266 e. The molecule has 1 aliphatic heterocycles. The summed E-state index contributed by atoms with van der Waals surface area (Å²) in [6.45, 7) is 2.37. The van der Waals surface area contributed by atoms with Gasteiger partial charge in [0.1, 0.15) is 4.90 Å². The van der Waals surface area contributed by atoms with Gasteiger partial charge in [-0.3, -0.25) is 0 Å². The Hall–Kier alpha value is -2.05. The van der Waals surface area contributed by atoms with E-state index in [1.165, 1.54) is 12.1 Å². The lowest BCUT2D eigenvalue weighted by molar-refractivity contribution is 0.591. The zero-order chi connectivity index (χ0) is 15.7. The van der Waals surface area contributed by atoms with Gasteiger partial charge in [0.05, 0.1) is 12.2 Å². The second kappa shape index (κ2) is 5.62. The van der Waals surface area contributed by atoms with Gasteiger partial charge in [-0.1, -0.05) is 41.4 Å². The lowest BCUT2D eigenvalue weighted by Gasteiger charge is -2.21. The third-order valence-corrected chi connectivity index (χ3v) is 4.85. The molecule has 22 heavy (non-hydrogen) atoms. The number of aliphatic imine (C=N–C) groups is 1. The van der Waals surface area contributed by atoms with Crippen molar-refractivity contribution in [1.29, 1.82) is 0 Å². The molecule has 0 aliphatic carbocycles. The Morgan fingerprint density at radius 2 is 2.00 bits per heavy atom. The molecule has 2 N–H and O–H groups in total. The minimum atomic E-state index is -3.62. The van der Waals surface area contributed by atoms with Gasteiger partial charge in [-0.15, -0.1) is 0 Å². The molecular weight excluding hydrogens is 322 g/mol. The normalized spacial score (nSPS) is 17.5. The molecule has 2 aromatic carbocycles. The number of guanidine groups is 1. The Morgan fingerprint density at radius 1 is 1.18 bits per heavy atom. The zero-order valence-electron chi connectivity index (χ0n) is 11.8. The van der Waals surface area contributed by atoms with E-state index in [1.807, 2.05) is 31.2 Å². The number of aryl methyl sites for hydroxylation is 1. The van der Waals surface area contributed by atoms with Crippen molar-refractivity contribution in [3.8, 4) is 0 Å². The maximum absolute atomic E-state index is 12.2. The molecule has 1 heterocycles. The standard InChI is InChI=1S/C15H14ClN3O2S/c1-10-3-2-4-11(7-10)9-17-15-18-13-8-12(16)5-6-14(13)22(20,21)19-15/h2-8H,9H2,1H3,(H2,17,18,19). The first kappa shape index (κ1) is 14.9. The van der Waals surface area contributed by atoms with Crippen LogP contribution in [0.2, 0.25) is 5.02 Å². The van der Waals surface area contributed by atoms with Gasteiger partial charge < -0.3 is 5.32 Å². The molecule has 0 spiro atoms. The van der Waals surface area contributed by atoms with Crippen LogP contribution in [0.3, 0.4) is 0 Å². The predicted octanol–water partition coefficient (Wildman–Crippen LogP) is 2.91. The number of halogens is 1. The van der Waals surface area contributed by atoms with Gasteiger partial charge in [0, 0.05) is 5.02 Å². The summed E-state index contributed by atoms with van der Waals surface area (Å²) in [5.41, 5.74) is 2.56. The third kappa shape index (κ3) is 3.08. The van der Waals surface area contributed by atoms with E-state index < -0.39 is 10.0 Å². The number of nitrogens with one attached hydrogen (secondary N) is 2. The molecule has 1 aliphatic rings. The molecule has 5 nitrogen and oxygen atoms in total. The summed E-state index contributed by atoms with van der Waals surface area (Å²) in [6, 6.07) is 12.5. The zero-order valence-corrected chi connectivity index (χ0v) is 13.4. The highest BCUT2D eigenvalue weighted by atomic mass is 35.5. The van der Waals surface area contributed by atoms with Crippen LogP contribution in [0.1, 0.15) is 11.1 Å². The van der Waals surface area contributed by atoms with Crippen LogP contribution in [0.4, 0.5) is 5.69 Å². The molecular formula is C15H14ClN3O2S. The van der Waals surface area contributed by atoms with E-state index in [9.17, 15) is 8.42 Å². The largest absolute Gasteiger partial charge is 0.324 e. The van der Waals surface area contributed by atoms with Gasteiger partial charge in [0.2, 0.25) is 5.96 Å². The van der Waals surface area contributed by atoms with Crippen LogP contribution in [0.25, 0.3) is 0 Å². The van der Waals surface area contributed by atoms with Gasteiger partial charge >= 0.3 is 0 Å². The van der Waals surface area contributed by atoms with E-state index in [-0.39, 0.29) is 10.9 Å². The fourth-order valence-corrected chi connectivity index (χ4v) is 3.52. The lowest BCUT2D eigenvalue weighted by Crippen LogP contribution is -2.40. The number of hydrogen-bond donors (Lipinski definition) is 2. The molecule has 0 bridgehead atoms. The van der Waals surface area contributed by atoms with Gasteiger partial charge in [-0.05, 0) is 30.7 Å². The summed E-state index contributed by atoms with van der Waals surface area (Å²) in [5, 5.41) is 3.41. The molecule has 3 rings (SSSR count). The van der Waals surface area contributed by atoms with Crippen molar-refractivity contribution in [3.63, 3.8) is 0 Å². The van der Waals surface area contributed by atoms with Crippen molar-refractivity contribution in [1.82, 2.24) is 4.72 Å². The number of sulfonamides is 1. The third-order valence-electron chi connectivity index (χ3n) is 3.22. The number of anilines is 1. The minimum Gasteiger partial charge on any atom is -0.324 e. The highest BCUT2D eigenvalue weighted by Crippen LogP contribution is 2.27. The minimum absolute atomic E-state index is 0.159. The molecule has 2 aromatic rings. The number of nitrogens with zero attached hydrogens (tertiary/aromatic N) is 1. The second-order valence-corrected chi connectivity index (χ2v) is 7.11. The van der Waals surface area contributed by atoms with E-state index in [0.29, 0.717) is 17.3 Å². The molecule has 0 amide bonds. The molecule has 0 atom stereocenters. The van der Waals surface area contributed by atoms with Gasteiger partial charge in [0.15, 0.2) is 0 Å². The van der Waals surface area contributed by atoms with Crippen molar-refractivity contribution in [3.05, 3.63) is 58.6 Å². The molecule has 0 fully saturated rings. The average molecular weight is 336 g/mol. The Bertz CT molecular complexity index is 863. The number of benzene rings is 2. The first-order chi connectivity index (χ1) is 10.4. The van der Waals surface area contributed by atoms with Crippen molar-refractivity contribution in [2.45, 2.75) is 18.4 Å². The monoisotopic (exact) mass is 335 g/mol. The molecule has 0 radical (unpaired) electrons. The fourth-order valence-electron chi connectivity index (χ4n) is 2.22. The maximum atomic E-state index is 12.2. The lowest BCUT2D eigenvalue weighted by atomic mass is 10.1. The van der Waals surface area contributed by atoms with Gasteiger partial charge in [-0.25, -0.2) is 18.1 Å². The summed E-state index contributed by atoms with van der Waals surface area (Å²) in [7, 11) is -3.62. The van der Waals surface area contributed by atoms with Crippen LogP contribution in [-0.2, 0) is 16.6 Å². The number of rotatable bonds is 2. The van der Waals surface area contributed by atoms with Crippen LogP contribution in [0, 0.1) is 6.92 Å². The summed E-state index contributed by atoms with van der Waals surface area (Å²) >= 11 is 5.91. The van der Waals surface area contributed by atoms with Crippen LogP contribution < -0.4 is 10.0 Å². The van der Waals surface area contributed by atoms with Crippen molar-refractivity contribution in [2.75, 3.05) is 5.32 Å². The highest BCUT2D eigenvalue weighted by molar-refractivity contribution is 7.90. The van der Waals surface area contributed by atoms with E-state index in [4.69, 9.17) is 11.6 Å². The Balaban J connectivity index is 1.89. The highest BCUT2D eigenvalue weighted by Gasteiger charge is 2.26. The predicted molar refractivity (Wildman–Crippen MR) is 87.7 cm³/mol. The number of hydrogen-bond acceptors (Lipinski definition) is 3. The van der Waals surface area contributed by atoms with E-state index in [2.05, 4.69) is 15.0 Å². The van der Waals surface area contributed by atoms with E-state index in [1.54, 1.807) is 6.07 Å². The van der Waals surface area contributed by atoms with Crippen LogP contribution in [0.5, 0.6) is 0 Å². The first-order valence-corrected chi connectivity index (χ1v) is 8.49. The Morgan fingerprint density at radius 3 is 2.77 bits per heavy atom. The molecule has 0 aromatic heterocycles. The van der Waals surface area contributed by atoms with Gasteiger partial charge in [-0.2, -0.15) is 0 Å². The number of fused-ring (bicyclic) bond motifs is 1. The Labute approximate surface area is 134 Å². The Kier molecular flexibility index (Phi) is 3.80. The summed E-state index contributed by atoms with van der Waals surface area (Å²) in [4.78, 5) is 4.45. The van der Waals surface area contributed by atoms with Gasteiger partial charge in [0.25, 0.3) is 10.0 Å². The molecule has 114 valence electrons. The van der Waals surface area contributed by atoms with Crippen molar-refractivity contribution < 1.29 is 8.42 Å². The van der Waals surface area contributed by atoms with E-state index >= 15 is 0 Å². The molecule has 0 saturated carbocycles. The van der Waals surface area contributed by atoms with Crippen molar-refractivity contribution in [2.24, 2.45) is 4.99 Å².